The lowest BCUT2D eigenvalue weighted by molar-refractivity contribution is -0.729. The third-order valence-corrected chi connectivity index (χ3v) is 4.05. The van der Waals surface area contributed by atoms with E-state index in [1.54, 1.807) is 0 Å². The molecule has 136 valence electrons. The van der Waals surface area contributed by atoms with Gasteiger partial charge in [0.2, 0.25) is 0 Å². The smallest absolute Gasteiger partial charge is 0.317 e. The van der Waals surface area contributed by atoms with E-state index in [4.69, 9.17) is 5.21 Å². The largest absolute Gasteiger partial charge is 0.507 e. The molecule has 2 aromatic carbocycles. The van der Waals surface area contributed by atoms with Crippen molar-refractivity contribution in [1.82, 2.24) is 5.43 Å². The number of benzene rings is 2. The van der Waals surface area contributed by atoms with Gasteiger partial charge in [-0.3, -0.25) is 4.79 Å². The van der Waals surface area contributed by atoms with Crippen LogP contribution < -0.4 is 10.7 Å². The third kappa shape index (κ3) is 5.28. The zero-order valence-corrected chi connectivity index (χ0v) is 15.5. The topological polar surface area (TPSA) is 114 Å². The van der Waals surface area contributed by atoms with Gasteiger partial charge in [0.25, 0.3) is 10.8 Å². The van der Waals surface area contributed by atoms with Crippen LogP contribution in [0.25, 0.3) is 0 Å². The second kappa shape index (κ2) is 8.95. The van der Waals surface area contributed by atoms with Crippen molar-refractivity contribution in [3.05, 3.63) is 57.4 Å². The molecule has 2 rings (SSSR count). The Balaban J connectivity index is 2.01. The Kier molecular flexibility index (Phi) is 6.67. The number of nitrogens with zero attached hydrogens (tertiary/aromatic N) is 2. The Labute approximate surface area is 158 Å². The quantitative estimate of drug-likeness (QED) is 0.404. The lowest BCUT2D eigenvalue weighted by Crippen LogP contribution is -2.36. The fourth-order valence-electron chi connectivity index (χ4n) is 2.11. The van der Waals surface area contributed by atoms with Crippen molar-refractivity contribution in [2.75, 3.05) is 5.32 Å². The SMILES string of the molecule is CCC(Nc1ccc(Br)cc1)C(=O)N/N=C/c1cc([N+](=O)O)ccc1O. The Hall–Kier alpha value is -2.94. The highest BCUT2D eigenvalue weighted by Gasteiger charge is 2.16. The van der Waals surface area contributed by atoms with Crippen molar-refractivity contribution >= 4 is 39.4 Å². The normalized spacial score (nSPS) is 11.9. The minimum atomic E-state index is -0.497. The number of aromatic hydroxyl groups is 1. The van der Waals surface area contributed by atoms with E-state index in [1.807, 2.05) is 31.2 Å². The Morgan fingerprint density at radius 2 is 2.00 bits per heavy atom. The molecule has 1 atom stereocenters. The van der Waals surface area contributed by atoms with Crippen molar-refractivity contribution in [1.29, 1.82) is 0 Å². The highest BCUT2D eigenvalue weighted by Crippen LogP contribution is 2.21. The molecule has 0 aliphatic rings. The summed E-state index contributed by atoms with van der Waals surface area (Å²) in [5.41, 5.74) is 3.28. The number of amides is 1. The summed E-state index contributed by atoms with van der Waals surface area (Å²) < 4.78 is 0.937. The Bertz CT molecular complexity index is 824. The standard InChI is InChI=1S/C17H17BrN4O4/c1-2-15(20-13-5-3-12(18)4-6-13)17(24)21-19-10-11-9-14(22(25)26)7-8-16(11)23/h3-10,15,20H,2H2,1H3,(H2-,19,21,23,24,25,26)/p+1. The van der Waals surface area contributed by atoms with Crippen molar-refractivity contribution in [2.45, 2.75) is 19.4 Å². The van der Waals surface area contributed by atoms with E-state index in [2.05, 4.69) is 31.8 Å². The molecule has 8 nitrogen and oxygen atoms in total. The highest BCUT2D eigenvalue weighted by atomic mass is 79.9. The van der Waals surface area contributed by atoms with E-state index in [1.165, 1.54) is 24.4 Å². The first-order valence-corrected chi connectivity index (χ1v) is 8.54. The molecule has 0 aliphatic carbocycles. The molecule has 0 radical (unpaired) electrons. The molecule has 9 heteroatoms. The molecule has 0 aromatic heterocycles. The first-order valence-electron chi connectivity index (χ1n) is 7.75. The van der Waals surface area contributed by atoms with Gasteiger partial charge in [-0.25, -0.2) is 10.6 Å². The lowest BCUT2D eigenvalue weighted by Gasteiger charge is -2.16. The lowest BCUT2D eigenvalue weighted by atomic mass is 10.2. The molecule has 1 unspecified atom stereocenters. The van der Waals surface area contributed by atoms with Crippen LogP contribution in [0.1, 0.15) is 18.9 Å². The fraction of sp³-hybridized carbons (Fsp3) is 0.176. The van der Waals surface area contributed by atoms with Gasteiger partial charge in [-0.2, -0.15) is 5.10 Å². The summed E-state index contributed by atoms with van der Waals surface area (Å²) in [6.07, 6.45) is 1.72. The number of nitrogens with one attached hydrogen (secondary N) is 2. The van der Waals surface area contributed by atoms with E-state index >= 15 is 0 Å². The third-order valence-electron chi connectivity index (χ3n) is 3.52. The predicted molar refractivity (Wildman–Crippen MR) is 101 cm³/mol. The number of hydrogen-bond acceptors (Lipinski definition) is 5. The molecular weight excluding hydrogens is 404 g/mol. The first kappa shape index (κ1) is 19.4. The van der Waals surface area contributed by atoms with Crippen LogP contribution in [0.3, 0.4) is 0 Å². The summed E-state index contributed by atoms with van der Waals surface area (Å²) >= 11 is 3.35. The minimum absolute atomic E-state index is 0.0704. The Morgan fingerprint density at radius 3 is 2.62 bits per heavy atom. The molecule has 0 heterocycles. The maximum absolute atomic E-state index is 12.2. The molecular formula is C17H18BrN4O4+. The molecule has 1 amide bonds. The monoisotopic (exact) mass is 421 g/mol. The number of anilines is 1. The molecule has 0 spiro atoms. The van der Waals surface area contributed by atoms with E-state index in [-0.39, 0.29) is 27.8 Å². The number of hydrogen-bond donors (Lipinski definition) is 4. The number of hydrazone groups is 1. The number of carbonyl (C=O) groups is 1. The van der Waals surface area contributed by atoms with Crippen molar-refractivity contribution < 1.29 is 20.0 Å². The van der Waals surface area contributed by atoms with Gasteiger partial charge in [-0.1, -0.05) is 22.9 Å². The van der Waals surface area contributed by atoms with Crippen molar-refractivity contribution in [3.63, 3.8) is 0 Å². The van der Waals surface area contributed by atoms with Crippen LogP contribution in [0.15, 0.2) is 52.0 Å². The zero-order chi connectivity index (χ0) is 19.1. The van der Waals surface area contributed by atoms with Crippen LogP contribution in [0.5, 0.6) is 5.75 Å². The maximum atomic E-state index is 12.2. The zero-order valence-electron chi connectivity index (χ0n) is 13.9. The van der Waals surface area contributed by atoms with E-state index < -0.39 is 6.04 Å². The molecule has 0 saturated heterocycles. The number of rotatable bonds is 7. The minimum Gasteiger partial charge on any atom is -0.507 e. The van der Waals surface area contributed by atoms with Crippen molar-refractivity contribution in [3.8, 4) is 5.75 Å². The first-order chi connectivity index (χ1) is 12.4. The fourth-order valence-corrected chi connectivity index (χ4v) is 2.37. The van der Waals surface area contributed by atoms with Crippen LogP contribution in [-0.4, -0.2) is 33.4 Å². The number of phenolic OH excluding ortho intramolecular Hbond substituents is 1. The average molecular weight is 422 g/mol. The van der Waals surface area contributed by atoms with E-state index in [0.717, 1.165) is 10.2 Å². The highest BCUT2D eigenvalue weighted by molar-refractivity contribution is 9.10. The van der Waals surface area contributed by atoms with Gasteiger partial charge in [-0.05, 0) is 36.8 Å². The van der Waals surface area contributed by atoms with Gasteiger partial charge >= 0.3 is 5.69 Å². The predicted octanol–water partition coefficient (Wildman–Crippen LogP) is 3.30. The van der Waals surface area contributed by atoms with E-state index in [9.17, 15) is 14.8 Å². The molecule has 0 bridgehead atoms. The van der Waals surface area contributed by atoms with Gasteiger partial charge in [-0.15, -0.1) is 0 Å². The Morgan fingerprint density at radius 1 is 1.31 bits per heavy atom. The number of phenols is 1. The summed E-state index contributed by atoms with van der Waals surface area (Å²) in [5, 5.41) is 25.5. The average Bonchev–Trinajstić information content (AvgIpc) is 2.62. The molecule has 0 aliphatic heterocycles. The molecule has 26 heavy (non-hydrogen) atoms. The molecule has 0 fully saturated rings. The van der Waals surface area contributed by atoms with Gasteiger partial charge in [0, 0.05) is 27.9 Å². The van der Waals surface area contributed by atoms with Crippen LogP contribution in [0.4, 0.5) is 11.4 Å². The van der Waals surface area contributed by atoms with Gasteiger partial charge in [0.15, 0.2) is 0 Å². The van der Waals surface area contributed by atoms with Crippen LogP contribution >= 0.6 is 15.9 Å². The van der Waals surface area contributed by atoms with Crippen LogP contribution in [0, 0.1) is 4.91 Å². The molecule has 2 aromatic rings. The van der Waals surface area contributed by atoms with Gasteiger partial charge in [0.1, 0.15) is 11.8 Å². The second-order valence-electron chi connectivity index (χ2n) is 5.36. The van der Waals surface area contributed by atoms with Crippen LogP contribution in [-0.2, 0) is 4.79 Å². The molecule has 4 N–H and O–H groups in total. The van der Waals surface area contributed by atoms with E-state index in [0.29, 0.717) is 6.42 Å². The maximum Gasteiger partial charge on any atom is 0.317 e. The summed E-state index contributed by atoms with van der Waals surface area (Å²) in [5.74, 6) is -0.497. The van der Waals surface area contributed by atoms with Crippen molar-refractivity contribution in [2.24, 2.45) is 5.10 Å². The van der Waals surface area contributed by atoms with Gasteiger partial charge in [0.05, 0.1) is 11.1 Å². The van der Waals surface area contributed by atoms with Gasteiger partial charge < -0.3 is 10.4 Å². The summed E-state index contributed by atoms with van der Waals surface area (Å²) in [7, 11) is 0. The molecule has 0 saturated carbocycles. The number of halogens is 1. The number of carbonyl (C=O) groups excluding carboxylic acids is 1. The summed E-state index contributed by atoms with van der Waals surface area (Å²) in [4.78, 5) is 22.8. The second-order valence-corrected chi connectivity index (χ2v) is 6.28. The summed E-state index contributed by atoms with van der Waals surface area (Å²) in [6.45, 7) is 1.86. The van der Waals surface area contributed by atoms with Crippen LogP contribution in [0.2, 0.25) is 0 Å². The summed E-state index contributed by atoms with van der Waals surface area (Å²) in [6, 6.07) is 10.6.